The van der Waals surface area contributed by atoms with E-state index < -0.39 is 28.2 Å². The van der Waals surface area contributed by atoms with E-state index in [0.717, 1.165) is 0 Å². The molecule has 1 fully saturated rings. The van der Waals surface area contributed by atoms with Crippen molar-refractivity contribution in [3.05, 3.63) is 48.0 Å². The third-order valence-corrected chi connectivity index (χ3v) is 7.40. The molecule has 0 saturated carbocycles. The Bertz CT molecular complexity index is 1200. The third kappa shape index (κ3) is 4.95. The summed E-state index contributed by atoms with van der Waals surface area (Å²) in [6, 6.07) is 10.3. The van der Waals surface area contributed by atoms with Gasteiger partial charge >= 0.3 is 5.97 Å². The zero-order valence-corrected chi connectivity index (χ0v) is 19.6. The Morgan fingerprint density at radius 3 is 2.76 bits per heavy atom. The Kier molecular flexibility index (Phi) is 6.67. The van der Waals surface area contributed by atoms with E-state index in [-0.39, 0.29) is 41.1 Å². The molecule has 2 aromatic carbocycles. The number of ether oxygens (including phenoxy) is 3. The molecule has 2 aliphatic heterocycles. The van der Waals surface area contributed by atoms with Crippen LogP contribution in [0.5, 0.6) is 11.5 Å². The number of hydrogen-bond acceptors (Lipinski definition) is 7. The minimum absolute atomic E-state index is 0.0244. The van der Waals surface area contributed by atoms with Crippen LogP contribution in [0.1, 0.15) is 29.6 Å². The maximum Gasteiger partial charge on any atom is 0.305 e. The number of carbonyl (C=O) groups is 2. The molecule has 0 spiro atoms. The number of rotatable bonds is 6. The summed E-state index contributed by atoms with van der Waals surface area (Å²) < 4.78 is 45.1. The predicted molar refractivity (Wildman–Crippen MR) is 122 cm³/mol. The Balaban J connectivity index is 1.57. The minimum atomic E-state index is -3.92. The van der Waals surface area contributed by atoms with E-state index in [1.165, 1.54) is 37.4 Å². The van der Waals surface area contributed by atoms with Crippen LogP contribution >= 0.6 is 0 Å². The number of nitrogens with one attached hydrogen (secondary N) is 1. The Morgan fingerprint density at radius 2 is 2.03 bits per heavy atom. The highest BCUT2D eigenvalue weighted by Crippen LogP contribution is 2.33. The van der Waals surface area contributed by atoms with E-state index >= 15 is 0 Å². The number of nitrogens with zero attached hydrogens (tertiary/aromatic N) is 1. The second-order valence-corrected chi connectivity index (χ2v) is 9.94. The molecule has 2 heterocycles. The molecule has 11 heteroatoms. The molecule has 2 aromatic rings. The summed E-state index contributed by atoms with van der Waals surface area (Å²) in [5, 5.41) is 9.06. The number of methoxy groups -OCH3 is 1. The number of likely N-dealkylation sites (N-methyl/N-ethyl adjacent to an activating group) is 1. The molecule has 1 saturated heterocycles. The number of amides is 1. The van der Waals surface area contributed by atoms with Crippen molar-refractivity contribution in [3.63, 3.8) is 0 Å². The number of carbonyl (C=O) groups excluding carboxylic acids is 1. The van der Waals surface area contributed by atoms with Gasteiger partial charge in [-0.25, -0.2) is 8.42 Å². The van der Waals surface area contributed by atoms with Crippen LogP contribution in [-0.2, 0) is 19.6 Å². The topological polar surface area (TPSA) is 131 Å². The summed E-state index contributed by atoms with van der Waals surface area (Å²) in [4.78, 5) is 25.9. The average molecular weight is 491 g/mol. The van der Waals surface area contributed by atoms with Crippen molar-refractivity contribution < 1.29 is 37.3 Å². The van der Waals surface area contributed by atoms with Gasteiger partial charge in [0, 0.05) is 18.8 Å². The van der Waals surface area contributed by atoms with Crippen molar-refractivity contribution in [2.24, 2.45) is 0 Å². The van der Waals surface area contributed by atoms with E-state index in [1.54, 1.807) is 24.1 Å². The summed E-state index contributed by atoms with van der Waals surface area (Å²) in [5.41, 5.74) is 0.435. The highest BCUT2D eigenvalue weighted by Gasteiger charge is 2.39. The van der Waals surface area contributed by atoms with Crippen LogP contribution in [0.2, 0.25) is 0 Å². The lowest BCUT2D eigenvalue weighted by molar-refractivity contribution is -0.148. The van der Waals surface area contributed by atoms with Crippen molar-refractivity contribution in [1.82, 2.24) is 4.90 Å². The maximum absolute atomic E-state index is 13.3. The van der Waals surface area contributed by atoms with E-state index in [2.05, 4.69) is 4.72 Å². The Hall–Kier alpha value is -3.31. The van der Waals surface area contributed by atoms with Crippen molar-refractivity contribution in [1.29, 1.82) is 0 Å². The van der Waals surface area contributed by atoms with Crippen molar-refractivity contribution in [3.8, 4) is 11.5 Å². The molecule has 0 unspecified atom stereocenters. The van der Waals surface area contributed by atoms with E-state index in [9.17, 15) is 18.0 Å². The van der Waals surface area contributed by atoms with Gasteiger partial charge in [-0.3, -0.25) is 14.3 Å². The summed E-state index contributed by atoms with van der Waals surface area (Å²) in [6.45, 7) is 0.139. The highest BCUT2D eigenvalue weighted by molar-refractivity contribution is 7.92. The summed E-state index contributed by atoms with van der Waals surface area (Å²) >= 11 is 0. The zero-order valence-electron chi connectivity index (χ0n) is 18.8. The van der Waals surface area contributed by atoms with Gasteiger partial charge in [-0.1, -0.05) is 6.07 Å². The number of fused-ring (bicyclic) bond motifs is 2. The molecule has 10 nitrogen and oxygen atoms in total. The van der Waals surface area contributed by atoms with Crippen LogP contribution in [0, 0.1) is 0 Å². The second-order valence-electron chi connectivity index (χ2n) is 8.26. The molecule has 1 amide bonds. The van der Waals surface area contributed by atoms with Gasteiger partial charge in [0.05, 0.1) is 36.1 Å². The monoisotopic (exact) mass is 490 g/mol. The molecule has 182 valence electrons. The van der Waals surface area contributed by atoms with Crippen LogP contribution in [0.3, 0.4) is 0 Å². The lowest BCUT2D eigenvalue weighted by atomic mass is 9.95. The third-order valence-electron chi connectivity index (χ3n) is 6.02. The van der Waals surface area contributed by atoms with Gasteiger partial charge in [0.25, 0.3) is 15.9 Å². The summed E-state index contributed by atoms with van der Waals surface area (Å²) in [7, 11) is -0.814. The van der Waals surface area contributed by atoms with Crippen LogP contribution in [0.15, 0.2) is 47.4 Å². The van der Waals surface area contributed by atoms with E-state index in [1.807, 2.05) is 0 Å². The minimum Gasteiger partial charge on any atom is -0.497 e. The van der Waals surface area contributed by atoms with Gasteiger partial charge < -0.3 is 24.2 Å². The lowest BCUT2D eigenvalue weighted by Gasteiger charge is -2.42. The fourth-order valence-corrected chi connectivity index (χ4v) is 5.35. The number of sulfonamides is 1. The van der Waals surface area contributed by atoms with Gasteiger partial charge in [0.15, 0.2) is 0 Å². The first kappa shape index (κ1) is 23.8. The number of carboxylic acid groups (broad SMARTS) is 1. The molecule has 0 aliphatic carbocycles. The van der Waals surface area contributed by atoms with Crippen LogP contribution in [0.25, 0.3) is 0 Å². The van der Waals surface area contributed by atoms with Gasteiger partial charge in [-0.2, -0.15) is 0 Å². The lowest BCUT2D eigenvalue weighted by Crippen LogP contribution is -2.53. The maximum atomic E-state index is 13.3. The van der Waals surface area contributed by atoms with Gasteiger partial charge in [-0.05, 0) is 43.2 Å². The molecule has 0 aromatic heterocycles. The number of aliphatic carboxylic acids is 1. The largest absolute Gasteiger partial charge is 0.497 e. The fraction of sp³-hybridized carbons (Fsp3) is 0.391. The van der Waals surface area contributed by atoms with Gasteiger partial charge in [0.1, 0.15) is 24.2 Å². The first-order chi connectivity index (χ1) is 16.2. The molecular weight excluding hydrogens is 464 g/mol. The number of carboxylic acids is 1. The highest BCUT2D eigenvalue weighted by atomic mass is 32.2. The first-order valence-electron chi connectivity index (χ1n) is 10.8. The quantitative estimate of drug-likeness (QED) is 0.631. The fourth-order valence-electron chi connectivity index (χ4n) is 4.27. The van der Waals surface area contributed by atoms with Crippen molar-refractivity contribution in [2.75, 3.05) is 25.5 Å². The average Bonchev–Trinajstić information content (AvgIpc) is 2.81. The molecule has 2 aliphatic rings. The van der Waals surface area contributed by atoms with Crippen molar-refractivity contribution in [2.45, 2.75) is 42.4 Å². The molecule has 3 atom stereocenters. The molecular formula is C23H26N2O8S. The number of benzene rings is 2. The number of anilines is 1. The predicted octanol–water partition coefficient (Wildman–Crippen LogP) is 2.35. The smallest absolute Gasteiger partial charge is 0.305 e. The molecule has 4 rings (SSSR count). The van der Waals surface area contributed by atoms with Crippen molar-refractivity contribution >= 4 is 27.6 Å². The van der Waals surface area contributed by atoms with E-state index in [4.69, 9.17) is 19.3 Å². The normalized spacial score (nSPS) is 22.5. The summed E-state index contributed by atoms with van der Waals surface area (Å²) in [5.74, 6) is -0.578. The molecule has 0 bridgehead atoms. The van der Waals surface area contributed by atoms with Crippen LogP contribution < -0.4 is 14.2 Å². The first-order valence-corrected chi connectivity index (χ1v) is 12.2. The second kappa shape index (κ2) is 9.51. The standard InChI is InChI=1S/C23H26N2O8S/c1-25-19-8-7-16(12-22(26)27)33-21(19)13-32-20-9-6-14(10-18(20)23(25)28)24-34(29,30)17-5-3-4-15(11-17)31-2/h3-6,9-11,16,19,21,24H,7-8,12-13H2,1-2H3,(H,26,27)/t16-,19+,21+/m0/s1. The number of hydrogen-bond donors (Lipinski definition) is 2. The van der Waals surface area contributed by atoms with Gasteiger partial charge in [-0.15, -0.1) is 0 Å². The molecule has 34 heavy (non-hydrogen) atoms. The zero-order chi connectivity index (χ0) is 24.5. The molecule has 2 N–H and O–H groups in total. The van der Waals surface area contributed by atoms with E-state index in [0.29, 0.717) is 24.3 Å². The van der Waals surface area contributed by atoms with Crippen LogP contribution in [-0.4, -0.2) is 69.3 Å². The summed E-state index contributed by atoms with van der Waals surface area (Å²) in [6.07, 6.45) is 0.0859. The van der Waals surface area contributed by atoms with Crippen LogP contribution in [0.4, 0.5) is 5.69 Å². The Morgan fingerprint density at radius 1 is 1.24 bits per heavy atom. The Labute approximate surface area is 197 Å². The SMILES string of the molecule is COc1cccc(S(=O)(=O)Nc2ccc3c(c2)C(=O)N(C)[C@@H]2CC[C@@H](CC(=O)O)O[C@@H]2CO3)c1. The molecule has 0 radical (unpaired) electrons. The van der Waals surface area contributed by atoms with Gasteiger partial charge in [0.2, 0.25) is 0 Å².